The van der Waals surface area contributed by atoms with Crippen LogP contribution in [0.25, 0.3) is 55.6 Å². The van der Waals surface area contributed by atoms with Crippen LogP contribution in [0.1, 0.15) is 38.5 Å². The number of carbonyl (C=O) groups excluding carboxylic acids is 1. The maximum Gasteiger partial charge on any atom is 0.224 e. The number of nitrogens with zero attached hydrogens (tertiary/aromatic N) is 4. The lowest BCUT2D eigenvalue weighted by atomic mass is 9.87. The number of carbonyl (C=O) groups is 1. The lowest BCUT2D eigenvalue weighted by molar-refractivity contribution is -0.117. The van der Waals surface area contributed by atoms with E-state index < -0.39 is 0 Å². The highest BCUT2D eigenvalue weighted by Gasteiger charge is 2.18. The van der Waals surface area contributed by atoms with Crippen LogP contribution in [0.3, 0.4) is 0 Å². The van der Waals surface area contributed by atoms with Crippen LogP contribution in [0, 0.1) is 5.92 Å². The molecule has 8 nitrogen and oxygen atoms in total. The zero-order valence-electron chi connectivity index (χ0n) is 21.3. The van der Waals surface area contributed by atoms with E-state index in [0.29, 0.717) is 18.0 Å². The topological polar surface area (TPSA) is 112 Å². The van der Waals surface area contributed by atoms with Gasteiger partial charge in [-0.3, -0.25) is 24.8 Å². The van der Waals surface area contributed by atoms with Gasteiger partial charge in [-0.05, 0) is 59.3 Å². The Morgan fingerprint density at radius 3 is 2.72 bits per heavy atom. The number of aromatic amines is 2. The highest BCUT2D eigenvalue weighted by atomic mass is 32.1. The summed E-state index contributed by atoms with van der Waals surface area (Å²) < 4.78 is 0. The number of hydrogen-bond donors (Lipinski definition) is 3. The maximum absolute atomic E-state index is 12.7. The van der Waals surface area contributed by atoms with Crippen LogP contribution in [0.15, 0.2) is 66.0 Å². The van der Waals surface area contributed by atoms with Gasteiger partial charge in [-0.2, -0.15) is 16.4 Å². The van der Waals surface area contributed by atoms with E-state index >= 15 is 0 Å². The molecule has 0 unspecified atom stereocenters. The van der Waals surface area contributed by atoms with Gasteiger partial charge >= 0.3 is 0 Å². The van der Waals surface area contributed by atoms with Crippen LogP contribution in [0.4, 0.5) is 5.69 Å². The third-order valence-electron chi connectivity index (χ3n) is 7.60. The highest BCUT2D eigenvalue weighted by molar-refractivity contribution is 7.08. The number of amides is 1. The molecule has 0 radical (unpaired) electrons. The van der Waals surface area contributed by atoms with Crippen molar-refractivity contribution in [2.75, 3.05) is 5.32 Å². The number of pyridine rings is 3. The first-order valence-corrected chi connectivity index (χ1v) is 14.2. The third kappa shape index (κ3) is 4.70. The lowest BCUT2D eigenvalue weighted by Crippen LogP contribution is -2.18. The SMILES string of the molecule is O=C(CC1CCCCC1)Nc1cncc(-c2cc3c(-c4cc5c(-c6ccsc6)cncc5[nH]4)n[nH]c3cn2)c1. The Morgan fingerprint density at radius 1 is 0.949 bits per heavy atom. The van der Waals surface area contributed by atoms with Crippen molar-refractivity contribution in [1.82, 2.24) is 30.1 Å². The Labute approximate surface area is 228 Å². The number of thiophene rings is 1. The standard InChI is InChI=1S/C30H27N7OS/c38-29(8-18-4-2-1-3-5-18)34-21-9-20(12-31-13-21)25-11-23-28(16-33-25)36-37-30(23)26-10-22-24(19-6-7-39-17-19)14-32-15-27(22)35-26/h6-7,9-18,35H,1-5,8H2,(H,34,38)(H,36,37). The molecule has 6 heterocycles. The fraction of sp³-hybridized carbons (Fsp3) is 0.233. The number of H-pyrrole nitrogens is 2. The first-order valence-electron chi connectivity index (χ1n) is 13.3. The molecule has 6 aromatic rings. The predicted molar refractivity (Wildman–Crippen MR) is 155 cm³/mol. The molecule has 6 aromatic heterocycles. The van der Waals surface area contributed by atoms with Gasteiger partial charge in [-0.15, -0.1) is 0 Å². The number of nitrogens with one attached hydrogen (secondary N) is 3. The van der Waals surface area contributed by atoms with Gasteiger partial charge in [0.25, 0.3) is 0 Å². The molecule has 39 heavy (non-hydrogen) atoms. The molecule has 0 saturated heterocycles. The maximum atomic E-state index is 12.7. The summed E-state index contributed by atoms with van der Waals surface area (Å²) in [6.07, 6.45) is 15.6. The number of hydrogen-bond acceptors (Lipinski definition) is 6. The van der Waals surface area contributed by atoms with Crippen molar-refractivity contribution in [3.05, 3.63) is 66.0 Å². The normalized spacial score (nSPS) is 14.3. The summed E-state index contributed by atoms with van der Waals surface area (Å²) in [5, 5.41) is 17.0. The third-order valence-corrected chi connectivity index (χ3v) is 8.28. The molecule has 0 bridgehead atoms. The minimum absolute atomic E-state index is 0.0523. The molecule has 0 aromatic carbocycles. The van der Waals surface area contributed by atoms with Crippen molar-refractivity contribution in [3.63, 3.8) is 0 Å². The van der Waals surface area contributed by atoms with E-state index in [9.17, 15) is 4.79 Å². The van der Waals surface area contributed by atoms with Crippen molar-refractivity contribution in [1.29, 1.82) is 0 Å². The van der Waals surface area contributed by atoms with Crippen LogP contribution < -0.4 is 5.32 Å². The molecule has 0 spiro atoms. The fourth-order valence-corrected chi connectivity index (χ4v) is 6.28. The summed E-state index contributed by atoms with van der Waals surface area (Å²) >= 11 is 1.67. The first kappa shape index (κ1) is 23.7. The summed E-state index contributed by atoms with van der Waals surface area (Å²) in [7, 11) is 0. The average Bonchev–Trinajstić information content (AvgIpc) is 3.73. The molecule has 1 saturated carbocycles. The van der Waals surface area contributed by atoms with Crippen molar-refractivity contribution in [2.45, 2.75) is 38.5 Å². The monoisotopic (exact) mass is 533 g/mol. The van der Waals surface area contributed by atoms with E-state index in [-0.39, 0.29) is 5.91 Å². The van der Waals surface area contributed by atoms with Crippen molar-refractivity contribution >= 4 is 44.7 Å². The predicted octanol–water partition coefficient (Wildman–Crippen LogP) is 7.20. The largest absolute Gasteiger partial charge is 0.352 e. The molecule has 194 valence electrons. The molecule has 1 amide bonds. The lowest BCUT2D eigenvalue weighted by Gasteiger charge is -2.20. The molecule has 1 aliphatic carbocycles. The van der Waals surface area contributed by atoms with E-state index in [0.717, 1.165) is 68.4 Å². The zero-order valence-corrected chi connectivity index (χ0v) is 22.1. The Hall–Kier alpha value is -4.37. The van der Waals surface area contributed by atoms with Crippen LogP contribution in [0.5, 0.6) is 0 Å². The number of aromatic nitrogens is 6. The van der Waals surface area contributed by atoms with E-state index in [1.807, 2.05) is 24.5 Å². The van der Waals surface area contributed by atoms with E-state index in [1.165, 1.54) is 19.3 Å². The van der Waals surface area contributed by atoms with Crippen LogP contribution in [-0.2, 0) is 4.79 Å². The molecule has 0 atom stereocenters. The molecule has 9 heteroatoms. The first-order chi connectivity index (χ1) is 19.2. The summed E-state index contributed by atoms with van der Waals surface area (Å²) in [4.78, 5) is 29.6. The smallest absolute Gasteiger partial charge is 0.224 e. The van der Waals surface area contributed by atoms with E-state index in [4.69, 9.17) is 0 Å². The summed E-state index contributed by atoms with van der Waals surface area (Å²) in [6, 6.07) is 8.18. The number of rotatable bonds is 6. The Morgan fingerprint density at radius 2 is 1.85 bits per heavy atom. The molecular formula is C30H27N7OS. The Bertz CT molecular complexity index is 1780. The molecule has 7 rings (SSSR count). The van der Waals surface area contributed by atoms with Gasteiger partial charge in [-0.25, -0.2) is 0 Å². The van der Waals surface area contributed by atoms with Gasteiger partial charge in [0.05, 0.1) is 46.7 Å². The number of fused-ring (bicyclic) bond motifs is 2. The minimum atomic E-state index is 0.0523. The average molecular weight is 534 g/mol. The Balaban J connectivity index is 1.19. The molecule has 1 aliphatic rings. The van der Waals surface area contributed by atoms with Crippen LogP contribution in [-0.4, -0.2) is 36.0 Å². The summed E-state index contributed by atoms with van der Waals surface area (Å²) in [6.45, 7) is 0. The molecule has 0 aliphatic heterocycles. The van der Waals surface area contributed by atoms with Gasteiger partial charge < -0.3 is 10.3 Å². The fourth-order valence-electron chi connectivity index (χ4n) is 5.62. The quantitative estimate of drug-likeness (QED) is 0.210. The summed E-state index contributed by atoms with van der Waals surface area (Å²) in [5.74, 6) is 0.539. The van der Waals surface area contributed by atoms with Crippen molar-refractivity contribution in [3.8, 4) is 33.8 Å². The Kier molecular flexibility index (Phi) is 6.13. The van der Waals surface area contributed by atoms with Gasteiger partial charge in [0.2, 0.25) is 5.91 Å². The molecular weight excluding hydrogens is 506 g/mol. The summed E-state index contributed by atoms with van der Waals surface area (Å²) in [5.41, 5.74) is 8.04. The second-order valence-corrected chi connectivity index (χ2v) is 11.0. The van der Waals surface area contributed by atoms with E-state index in [2.05, 4.69) is 58.3 Å². The molecule has 3 N–H and O–H groups in total. The number of anilines is 1. The minimum Gasteiger partial charge on any atom is -0.352 e. The highest BCUT2D eigenvalue weighted by Crippen LogP contribution is 2.35. The van der Waals surface area contributed by atoms with Crippen molar-refractivity contribution in [2.24, 2.45) is 5.92 Å². The van der Waals surface area contributed by atoms with Crippen LogP contribution in [0.2, 0.25) is 0 Å². The second kappa shape index (κ2) is 10.1. The second-order valence-electron chi connectivity index (χ2n) is 10.2. The van der Waals surface area contributed by atoms with Gasteiger partial charge in [0.1, 0.15) is 5.69 Å². The van der Waals surface area contributed by atoms with Crippen molar-refractivity contribution < 1.29 is 4.79 Å². The van der Waals surface area contributed by atoms with Crippen LogP contribution >= 0.6 is 11.3 Å². The molecule has 1 fully saturated rings. The van der Waals surface area contributed by atoms with Gasteiger partial charge in [0, 0.05) is 40.7 Å². The van der Waals surface area contributed by atoms with E-state index in [1.54, 1.807) is 29.9 Å². The zero-order chi connectivity index (χ0) is 26.2. The van der Waals surface area contributed by atoms with Gasteiger partial charge in [0.15, 0.2) is 0 Å². The van der Waals surface area contributed by atoms with Gasteiger partial charge in [-0.1, -0.05) is 19.3 Å².